The van der Waals surface area contributed by atoms with Crippen LogP contribution in [0.3, 0.4) is 0 Å². The molecule has 0 bridgehead atoms. The first-order chi connectivity index (χ1) is 14.1. The Balaban J connectivity index is 0.00000841. The van der Waals surface area contributed by atoms with Crippen molar-refractivity contribution in [3.8, 4) is 0 Å². The minimum atomic E-state index is -0.885. The Morgan fingerprint density at radius 1 is 0.767 bits per heavy atom. The van der Waals surface area contributed by atoms with Gasteiger partial charge in [-0.1, -0.05) is 70.6 Å². The second-order valence-electron chi connectivity index (χ2n) is 7.73. The van der Waals surface area contributed by atoms with Gasteiger partial charge < -0.3 is 15.2 Å². The predicted octanol–water partition coefficient (Wildman–Crippen LogP) is 5.78. The van der Waals surface area contributed by atoms with Gasteiger partial charge in [-0.3, -0.25) is 4.79 Å². The van der Waals surface area contributed by atoms with Gasteiger partial charge in [0.15, 0.2) is 0 Å². The Labute approximate surface area is 225 Å². The summed E-state index contributed by atoms with van der Waals surface area (Å²) in [6.07, 6.45) is 16.9. The van der Waals surface area contributed by atoms with Gasteiger partial charge in [0.05, 0.1) is 12.7 Å². The molecule has 0 aliphatic carbocycles. The number of esters is 1. The number of carbonyl (C=O) groups excluding carboxylic acids is 1. The van der Waals surface area contributed by atoms with Gasteiger partial charge in [0.1, 0.15) is 0 Å². The number of hydrogen-bond acceptors (Lipinski definition) is 4. The second-order valence-corrected chi connectivity index (χ2v) is 7.73. The van der Waals surface area contributed by atoms with Crippen LogP contribution in [0.4, 0.5) is 5.69 Å². The molecule has 30 heavy (non-hydrogen) atoms. The van der Waals surface area contributed by atoms with E-state index in [9.17, 15) is 9.59 Å². The average molecular weight is 446 g/mol. The molecule has 0 heterocycles. The summed E-state index contributed by atoms with van der Waals surface area (Å²) in [7, 11) is 1.45. The van der Waals surface area contributed by atoms with Crippen molar-refractivity contribution in [1.29, 1.82) is 0 Å². The number of ether oxygens (including phenoxy) is 1. The SMILES string of the molecule is COC(=O)CCCCCCCCCCCCCCCNc1ccc(C(=O)O)cc1.[KH]. The molecule has 6 heteroatoms. The van der Waals surface area contributed by atoms with Crippen LogP contribution in [0.1, 0.15) is 100 Å². The van der Waals surface area contributed by atoms with Crippen molar-refractivity contribution in [2.75, 3.05) is 19.0 Å². The molecule has 2 N–H and O–H groups in total. The monoisotopic (exact) mass is 445 g/mol. The van der Waals surface area contributed by atoms with Crippen LogP contribution >= 0.6 is 0 Å². The van der Waals surface area contributed by atoms with E-state index in [0.29, 0.717) is 12.0 Å². The van der Waals surface area contributed by atoms with Gasteiger partial charge in [0.25, 0.3) is 0 Å². The average Bonchev–Trinajstić information content (AvgIpc) is 2.73. The number of carbonyl (C=O) groups is 2. The van der Waals surface area contributed by atoms with E-state index < -0.39 is 5.97 Å². The van der Waals surface area contributed by atoms with Crippen molar-refractivity contribution >= 4 is 69.0 Å². The summed E-state index contributed by atoms with van der Waals surface area (Å²) in [6, 6.07) is 6.92. The molecule has 0 unspecified atom stereocenters. The van der Waals surface area contributed by atoms with Crippen molar-refractivity contribution in [2.45, 2.75) is 89.9 Å². The molecule has 0 aromatic heterocycles. The number of hydrogen-bond donors (Lipinski definition) is 2. The van der Waals surface area contributed by atoms with Gasteiger partial charge in [-0.15, -0.1) is 0 Å². The summed E-state index contributed by atoms with van der Waals surface area (Å²) in [5.74, 6) is -0.974. The number of nitrogens with one attached hydrogen (secondary N) is 1. The summed E-state index contributed by atoms with van der Waals surface area (Å²) in [6.45, 7) is 0.937. The van der Waals surface area contributed by atoms with Gasteiger partial charge in [0.2, 0.25) is 0 Å². The van der Waals surface area contributed by atoms with Gasteiger partial charge >= 0.3 is 63.3 Å². The van der Waals surface area contributed by atoms with E-state index in [1.54, 1.807) is 12.1 Å². The summed E-state index contributed by atoms with van der Waals surface area (Å²) in [5, 5.41) is 12.2. The molecule has 0 spiro atoms. The van der Waals surface area contributed by atoms with Crippen LogP contribution in [0.5, 0.6) is 0 Å². The molecule has 1 rings (SSSR count). The van der Waals surface area contributed by atoms with E-state index in [-0.39, 0.29) is 57.4 Å². The number of carboxylic acid groups (broad SMARTS) is 1. The normalized spacial score (nSPS) is 10.3. The van der Waals surface area contributed by atoms with Gasteiger partial charge in [-0.05, 0) is 37.1 Å². The number of carboxylic acids is 1. The zero-order valence-corrected chi connectivity index (χ0v) is 18.1. The third kappa shape index (κ3) is 16.3. The number of aromatic carboxylic acids is 1. The van der Waals surface area contributed by atoms with Gasteiger partial charge in [-0.2, -0.15) is 0 Å². The van der Waals surface area contributed by atoms with E-state index in [1.165, 1.54) is 71.3 Å². The number of methoxy groups -OCH3 is 1. The Bertz CT molecular complexity index is 563. The predicted molar refractivity (Wildman–Crippen MR) is 126 cm³/mol. The topological polar surface area (TPSA) is 75.6 Å². The third-order valence-electron chi connectivity index (χ3n) is 5.25. The molecule has 0 amide bonds. The Kier molecular flexibility index (Phi) is 20.2. The van der Waals surface area contributed by atoms with Crippen LogP contribution in [0.25, 0.3) is 0 Å². The zero-order valence-electron chi connectivity index (χ0n) is 18.1. The fourth-order valence-corrected chi connectivity index (χ4v) is 3.40. The molecular formula is C24H40KNO4. The van der Waals surface area contributed by atoms with E-state index in [0.717, 1.165) is 31.5 Å². The summed E-state index contributed by atoms with van der Waals surface area (Å²) in [4.78, 5) is 21.8. The third-order valence-corrected chi connectivity index (χ3v) is 5.25. The zero-order chi connectivity index (χ0) is 21.2. The number of anilines is 1. The van der Waals surface area contributed by atoms with Crippen LogP contribution in [0.15, 0.2) is 24.3 Å². The van der Waals surface area contributed by atoms with Gasteiger partial charge in [0, 0.05) is 18.7 Å². The van der Waals surface area contributed by atoms with Crippen molar-refractivity contribution in [1.82, 2.24) is 0 Å². The van der Waals surface area contributed by atoms with Crippen LogP contribution < -0.4 is 5.32 Å². The molecule has 1 aromatic carbocycles. The molecule has 0 radical (unpaired) electrons. The first-order valence-corrected chi connectivity index (χ1v) is 11.3. The molecular weight excluding hydrogens is 405 g/mol. The quantitative estimate of drug-likeness (QED) is 0.170. The van der Waals surface area contributed by atoms with Crippen LogP contribution in [-0.4, -0.2) is 82.1 Å². The van der Waals surface area contributed by atoms with E-state index in [2.05, 4.69) is 10.1 Å². The van der Waals surface area contributed by atoms with Crippen molar-refractivity contribution in [3.63, 3.8) is 0 Å². The number of unbranched alkanes of at least 4 members (excludes halogenated alkanes) is 12. The fraction of sp³-hybridized carbons (Fsp3) is 0.667. The standard InChI is InChI=1S/C24H39NO4.K.H/c1-29-23(26)15-13-11-9-7-5-3-2-4-6-8-10-12-14-20-25-22-18-16-21(17-19-22)24(27)28;;/h16-19,25H,2-15,20H2,1H3,(H,27,28);;. The fourth-order valence-electron chi connectivity index (χ4n) is 3.40. The summed E-state index contributed by atoms with van der Waals surface area (Å²) in [5.41, 5.74) is 1.31. The Hall–Kier alpha value is -0.404. The molecule has 5 nitrogen and oxygen atoms in total. The number of rotatable bonds is 18. The van der Waals surface area contributed by atoms with Crippen LogP contribution in [0.2, 0.25) is 0 Å². The van der Waals surface area contributed by atoms with Crippen molar-refractivity contribution in [3.05, 3.63) is 29.8 Å². The molecule has 1 aromatic rings. The molecule has 0 fully saturated rings. The summed E-state index contributed by atoms with van der Waals surface area (Å²) < 4.78 is 4.64. The Morgan fingerprint density at radius 3 is 1.63 bits per heavy atom. The minimum absolute atomic E-state index is 0. The summed E-state index contributed by atoms with van der Waals surface area (Å²) >= 11 is 0. The first-order valence-electron chi connectivity index (χ1n) is 11.3. The molecule has 166 valence electrons. The maximum atomic E-state index is 11.0. The first kappa shape index (κ1) is 29.6. The molecule has 0 aliphatic rings. The van der Waals surface area contributed by atoms with E-state index >= 15 is 0 Å². The maximum absolute atomic E-state index is 11.0. The van der Waals surface area contributed by atoms with E-state index in [1.807, 2.05) is 12.1 Å². The van der Waals surface area contributed by atoms with Crippen LogP contribution in [-0.2, 0) is 9.53 Å². The number of benzene rings is 1. The molecule has 0 saturated carbocycles. The van der Waals surface area contributed by atoms with Crippen molar-refractivity contribution < 1.29 is 19.4 Å². The van der Waals surface area contributed by atoms with Gasteiger partial charge in [-0.25, -0.2) is 4.79 Å². The Morgan fingerprint density at radius 2 is 1.20 bits per heavy atom. The molecule has 0 atom stereocenters. The second kappa shape index (κ2) is 20.5. The molecule has 0 aliphatic heterocycles. The molecule has 0 saturated heterocycles. The van der Waals surface area contributed by atoms with E-state index in [4.69, 9.17) is 5.11 Å². The van der Waals surface area contributed by atoms with Crippen molar-refractivity contribution in [2.24, 2.45) is 0 Å². The van der Waals surface area contributed by atoms with Crippen LogP contribution in [0, 0.1) is 0 Å².